The highest BCUT2D eigenvalue weighted by Crippen LogP contribution is 2.29. The molecule has 4 nitrogen and oxygen atoms in total. The Morgan fingerprint density at radius 1 is 1.32 bits per heavy atom. The van der Waals surface area contributed by atoms with E-state index in [0.29, 0.717) is 23.7 Å². The first-order valence-electron chi connectivity index (χ1n) is 7.79. The maximum atomic E-state index is 11.6. The number of piperidine rings is 1. The molecular formula is C17H25ClN2O2. The molecule has 1 aromatic rings. The molecule has 0 saturated carbocycles. The molecule has 0 radical (unpaired) electrons. The van der Waals surface area contributed by atoms with Crippen LogP contribution < -0.4 is 5.32 Å². The summed E-state index contributed by atoms with van der Waals surface area (Å²) in [5.74, 6) is -0.264. The number of hydrogen-bond acceptors (Lipinski definition) is 4. The minimum atomic E-state index is -0.264. The van der Waals surface area contributed by atoms with Crippen molar-refractivity contribution in [2.75, 3.05) is 14.2 Å². The summed E-state index contributed by atoms with van der Waals surface area (Å²) in [6.45, 7) is 0.884. The number of nitrogens with zero attached hydrogens (tertiary/aromatic N) is 1. The summed E-state index contributed by atoms with van der Waals surface area (Å²) >= 11 is 0. The molecule has 22 heavy (non-hydrogen) atoms. The molecule has 1 N–H and O–H groups in total. The van der Waals surface area contributed by atoms with Crippen molar-refractivity contribution in [3.63, 3.8) is 0 Å². The molecule has 2 fully saturated rings. The molecule has 0 spiro atoms. The van der Waals surface area contributed by atoms with Crippen LogP contribution in [0, 0.1) is 0 Å². The molecule has 2 saturated heterocycles. The van der Waals surface area contributed by atoms with Gasteiger partial charge in [-0.15, -0.1) is 12.4 Å². The van der Waals surface area contributed by atoms with Crippen LogP contribution >= 0.6 is 12.4 Å². The van der Waals surface area contributed by atoms with Crippen molar-refractivity contribution in [3.8, 4) is 0 Å². The molecule has 5 heteroatoms. The van der Waals surface area contributed by atoms with Gasteiger partial charge in [0, 0.05) is 24.7 Å². The van der Waals surface area contributed by atoms with Gasteiger partial charge in [0.2, 0.25) is 0 Å². The lowest BCUT2D eigenvalue weighted by atomic mass is 9.98. The van der Waals surface area contributed by atoms with Gasteiger partial charge in [-0.05, 0) is 50.4 Å². The zero-order valence-corrected chi connectivity index (χ0v) is 14.1. The molecule has 0 aromatic heterocycles. The first-order valence-corrected chi connectivity index (χ1v) is 7.79. The van der Waals surface area contributed by atoms with Crippen LogP contribution in [0.5, 0.6) is 0 Å². The van der Waals surface area contributed by atoms with Gasteiger partial charge in [-0.1, -0.05) is 12.1 Å². The summed E-state index contributed by atoms with van der Waals surface area (Å²) in [4.78, 5) is 14.0. The molecule has 3 rings (SSSR count). The predicted octanol–water partition coefficient (Wildman–Crippen LogP) is 2.61. The Labute approximate surface area is 138 Å². The first-order chi connectivity index (χ1) is 10.2. The van der Waals surface area contributed by atoms with Crippen molar-refractivity contribution in [1.29, 1.82) is 0 Å². The van der Waals surface area contributed by atoms with E-state index in [-0.39, 0.29) is 18.4 Å². The van der Waals surface area contributed by atoms with E-state index in [1.165, 1.54) is 38.4 Å². The largest absolute Gasteiger partial charge is 0.465 e. The first kappa shape index (κ1) is 17.3. The van der Waals surface area contributed by atoms with Crippen molar-refractivity contribution in [2.45, 2.75) is 50.4 Å². The van der Waals surface area contributed by atoms with Gasteiger partial charge in [-0.25, -0.2) is 4.79 Å². The van der Waals surface area contributed by atoms with Crippen molar-refractivity contribution in [1.82, 2.24) is 10.2 Å². The summed E-state index contributed by atoms with van der Waals surface area (Å²) in [6.07, 6.45) is 5.13. The van der Waals surface area contributed by atoms with Crippen LogP contribution in [0.1, 0.15) is 41.6 Å². The van der Waals surface area contributed by atoms with E-state index in [1.807, 2.05) is 12.1 Å². The maximum Gasteiger partial charge on any atom is 0.337 e. The van der Waals surface area contributed by atoms with Gasteiger partial charge in [0.15, 0.2) is 0 Å². The molecule has 1 aromatic carbocycles. The molecule has 0 amide bonds. The highest BCUT2D eigenvalue weighted by atomic mass is 35.5. The molecule has 2 atom stereocenters. The van der Waals surface area contributed by atoms with Crippen LogP contribution in [-0.2, 0) is 11.3 Å². The lowest BCUT2D eigenvalue weighted by molar-refractivity contribution is 0.0600. The summed E-state index contributed by atoms with van der Waals surface area (Å²) in [7, 11) is 3.62. The lowest BCUT2D eigenvalue weighted by Crippen LogP contribution is -2.46. The second kappa shape index (κ2) is 7.44. The quantitative estimate of drug-likeness (QED) is 0.864. The van der Waals surface area contributed by atoms with Crippen molar-refractivity contribution in [2.24, 2.45) is 0 Å². The van der Waals surface area contributed by atoms with Crippen LogP contribution in [0.25, 0.3) is 0 Å². The van der Waals surface area contributed by atoms with E-state index in [9.17, 15) is 4.79 Å². The van der Waals surface area contributed by atoms with E-state index in [1.54, 1.807) is 6.07 Å². The van der Waals surface area contributed by atoms with Gasteiger partial charge >= 0.3 is 5.97 Å². The highest BCUT2D eigenvalue weighted by Gasteiger charge is 2.34. The Balaban J connectivity index is 0.00000176. The van der Waals surface area contributed by atoms with E-state index >= 15 is 0 Å². The van der Waals surface area contributed by atoms with Gasteiger partial charge in [-0.3, -0.25) is 4.90 Å². The number of methoxy groups -OCH3 is 1. The van der Waals surface area contributed by atoms with E-state index < -0.39 is 0 Å². The number of carbonyl (C=O) groups excluding carboxylic acids is 1. The second-order valence-corrected chi connectivity index (χ2v) is 6.37. The van der Waals surface area contributed by atoms with Gasteiger partial charge in [-0.2, -0.15) is 0 Å². The number of halogens is 1. The second-order valence-electron chi connectivity index (χ2n) is 6.37. The fourth-order valence-corrected chi connectivity index (χ4v) is 3.72. The molecular weight excluding hydrogens is 300 g/mol. The van der Waals surface area contributed by atoms with Crippen LogP contribution in [-0.4, -0.2) is 43.2 Å². The average molecular weight is 325 g/mol. The number of benzene rings is 1. The lowest BCUT2D eigenvalue weighted by Gasteiger charge is -2.35. The summed E-state index contributed by atoms with van der Waals surface area (Å²) in [6, 6.07) is 9.82. The fourth-order valence-electron chi connectivity index (χ4n) is 3.72. The van der Waals surface area contributed by atoms with Crippen molar-refractivity contribution >= 4 is 18.4 Å². The molecule has 122 valence electrons. The molecule has 0 aliphatic carbocycles. The van der Waals surface area contributed by atoms with E-state index in [0.717, 1.165) is 6.54 Å². The number of fused-ring (bicyclic) bond motifs is 2. The summed E-state index contributed by atoms with van der Waals surface area (Å²) in [5, 5.41) is 3.68. The SMILES string of the molecule is COC(=O)c1cccc(CN(C)C2CC3CCC(C2)N3)c1.Cl. The molecule has 2 aliphatic rings. The third-order valence-electron chi connectivity index (χ3n) is 4.85. The zero-order valence-electron chi connectivity index (χ0n) is 13.2. The average Bonchev–Trinajstić information content (AvgIpc) is 2.85. The van der Waals surface area contributed by atoms with Gasteiger partial charge in [0.1, 0.15) is 0 Å². The normalized spacial score (nSPS) is 26.6. The van der Waals surface area contributed by atoms with E-state index in [2.05, 4.69) is 23.3 Å². The zero-order chi connectivity index (χ0) is 14.8. The van der Waals surface area contributed by atoms with Gasteiger partial charge in [0.05, 0.1) is 12.7 Å². The molecule has 2 heterocycles. The Morgan fingerprint density at radius 3 is 2.64 bits per heavy atom. The minimum Gasteiger partial charge on any atom is -0.465 e. The molecule has 2 unspecified atom stereocenters. The van der Waals surface area contributed by atoms with Crippen LogP contribution in [0.3, 0.4) is 0 Å². The smallest absolute Gasteiger partial charge is 0.337 e. The number of rotatable bonds is 4. The van der Waals surface area contributed by atoms with Crippen LogP contribution in [0.2, 0.25) is 0 Å². The molecule has 2 aliphatic heterocycles. The summed E-state index contributed by atoms with van der Waals surface area (Å²) in [5.41, 5.74) is 1.81. The highest BCUT2D eigenvalue weighted by molar-refractivity contribution is 5.89. The summed E-state index contributed by atoms with van der Waals surface area (Å²) < 4.78 is 4.79. The third kappa shape index (κ3) is 3.80. The number of esters is 1. The van der Waals surface area contributed by atoms with Crippen LogP contribution in [0.15, 0.2) is 24.3 Å². The number of ether oxygens (including phenoxy) is 1. The van der Waals surface area contributed by atoms with E-state index in [4.69, 9.17) is 4.74 Å². The Morgan fingerprint density at radius 2 is 2.00 bits per heavy atom. The predicted molar refractivity (Wildman–Crippen MR) is 89.5 cm³/mol. The Bertz CT molecular complexity index is 511. The fraction of sp³-hybridized carbons (Fsp3) is 0.588. The topological polar surface area (TPSA) is 41.6 Å². The Hall–Kier alpha value is -1.10. The standard InChI is InChI=1S/C17H24N2O2.ClH/c1-19(16-9-14-6-7-15(10-16)18-14)11-12-4-3-5-13(8-12)17(20)21-2;/h3-5,8,14-16,18H,6-7,9-11H2,1-2H3;1H. The van der Waals surface area contributed by atoms with Crippen molar-refractivity contribution in [3.05, 3.63) is 35.4 Å². The number of nitrogens with one attached hydrogen (secondary N) is 1. The monoisotopic (exact) mass is 324 g/mol. The van der Waals surface area contributed by atoms with Crippen molar-refractivity contribution < 1.29 is 9.53 Å². The van der Waals surface area contributed by atoms with Crippen LogP contribution in [0.4, 0.5) is 0 Å². The maximum absolute atomic E-state index is 11.6. The van der Waals surface area contributed by atoms with Gasteiger partial charge < -0.3 is 10.1 Å². The number of hydrogen-bond donors (Lipinski definition) is 1. The minimum absolute atomic E-state index is 0. The van der Waals surface area contributed by atoms with Gasteiger partial charge in [0.25, 0.3) is 0 Å². The molecule has 2 bridgehead atoms. The third-order valence-corrected chi connectivity index (χ3v) is 4.85. The number of carbonyl (C=O) groups is 1. The Kier molecular flexibility index (Phi) is 5.84.